The Balaban J connectivity index is 2.03. The monoisotopic (exact) mass is 783 g/mol. The molecule has 1 fully saturated rings. The van der Waals surface area contributed by atoms with Crippen LogP contribution in [-0.4, -0.2) is 31.9 Å². The second kappa shape index (κ2) is 37.1. The number of ether oxygens (including phenoxy) is 4. The zero-order valence-corrected chi connectivity index (χ0v) is 37.3. The molecule has 0 aromatic heterocycles. The molecule has 0 aliphatic heterocycles. The van der Waals surface area contributed by atoms with Crippen LogP contribution in [0.5, 0.6) is 17.2 Å². The number of hydrogen-bond acceptors (Lipinski definition) is 5. The van der Waals surface area contributed by atoms with Gasteiger partial charge in [-0.05, 0) is 68.7 Å². The first-order chi connectivity index (χ1) is 27.7. The van der Waals surface area contributed by atoms with Gasteiger partial charge in [0.25, 0.3) is 0 Å². The number of esters is 1. The van der Waals surface area contributed by atoms with Crippen molar-refractivity contribution in [3.8, 4) is 17.2 Å². The topological polar surface area (TPSA) is 54.0 Å². The van der Waals surface area contributed by atoms with Crippen LogP contribution in [0.1, 0.15) is 251 Å². The minimum atomic E-state index is -0.265. The lowest BCUT2D eigenvalue weighted by Gasteiger charge is -2.21. The second-order valence-corrected chi connectivity index (χ2v) is 17.0. The summed E-state index contributed by atoms with van der Waals surface area (Å²) in [5.41, 5.74) is 0.882. The third-order valence-corrected chi connectivity index (χ3v) is 11.5. The molecule has 56 heavy (non-hydrogen) atoms. The maximum Gasteiger partial charge on any atom is 0.331 e. The lowest BCUT2D eigenvalue weighted by molar-refractivity contribution is -0.144. The van der Waals surface area contributed by atoms with Crippen LogP contribution in [0, 0.1) is 0 Å². The Hall–Kier alpha value is -2.17. The molecule has 2 rings (SSSR count). The molecule has 0 saturated heterocycles. The zero-order chi connectivity index (χ0) is 40.0. The largest absolute Gasteiger partial charge is 0.490 e. The van der Waals surface area contributed by atoms with Crippen LogP contribution in [0.4, 0.5) is 0 Å². The number of hydrogen-bond donors (Lipinski definition) is 0. The van der Waals surface area contributed by atoms with Crippen molar-refractivity contribution in [3.05, 3.63) is 23.8 Å². The van der Waals surface area contributed by atoms with Gasteiger partial charge in [-0.25, -0.2) is 4.79 Å². The van der Waals surface area contributed by atoms with E-state index in [1.807, 2.05) is 18.2 Å². The number of unbranched alkanes of at least 4 members (excludes halogenated alkanes) is 27. The third kappa shape index (κ3) is 27.5. The van der Waals surface area contributed by atoms with Crippen LogP contribution in [-0.2, 0) is 9.53 Å². The summed E-state index contributed by atoms with van der Waals surface area (Å²) in [7, 11) is 0. The fourth-order valence-corrected chi connectivity index (χ4v) is 7.91. The maximum atomic E-state index is 12.8. The molecular weight excluding hydrogens is 693 g/mol. The Morgan fingerprint density at radius 2 is 0.821 bits per heavy atom. The second-order valence-electron chi connectivity index (χ2n) is 17.0. The van der Waals surface area contributed by atoms with Gasteiger partial charge in [0.05, 0.1) is 19.8 Å². The highest BCUT2D eigenvalue weighted by Gasteiger charge is 2.18. The van der Waals surface area contributed by atoms with Crippen molar-refractivity contribution in [1.82, 2.24) is 0 Å². The molecule has 0 heterocycles. The van der Waals surface area contributed by atoms with Crippen molar-refractivity contribution in [2.75, 3.05) is 19.8 Å². The van der Waals surface area contributed by atoms with E-state index >= 15 is 0 Å². The van der Waals surface area contributed by atoms with Gasteiger partial charge in [-0.3, -0.25) is 0 Å². The van der Waals surface area contributed by atoms with E-state index in [9.17, 15) is 4.79 Å². The quantitative estimate of drug-likeness (QED) is 0.0378. The van der Waals surface area contributed by atoms with E-state index in [4.69, 9.17) is 18.9 Å². The van der Waals surface area contributed by atoms with Crippen LogP contribution in [0.2, 0.25) is 0 Å². The molecule has 0 amide bonds. The standard InChI is InChI=1S/C51H90O5/c1-4-7-10-13-16-19-22-25-28-34-41-53-48-44-46(39-40-50(52)56-47-37-32-31-33-38-47)45-49(54-42-35-29-26-23-20-17-14-11-8-5-2)51(48)55-43-36-30-27-24-21-18-15-12-9-6-3/h39-40,44-45,47H,4-38,41-43H2,1-3H3. The van der Waals surface area contributed by atoms with Crippen molar-refractivity contribution in [2.24, 2.45) is 0 Å². The fourth-order valence-electron chi connectivity index (χ4n) is 7.91. The summed E-state index contributed by atoms with van der Waals surface area (Å²) >= 11 is 0. The summed E-state index contributed by atoms with van der Waals surface area (Å²) < 4.78 is 25.4. The molecule has 1 aliphatic rings. The van der Waals surface area contributed by atoms with Crippen molar-refractivity contribution in [1.29, 1.82) is 0 Å². The summed E-state index contributed by atoms with van der Waals surface area (Å²) in [6.07, 6.45) is 47.8. The minimum absolute atomic E-state index is 0.0439. The molecule has 5 heteroatoms. The Labute approximate surface area is 347 Å². The average molecular weight is 783 g/mol. The zero-order valence-electron chi connectivity index (χ0n) is 37.3. The molecule has 0 radical (unpaired) electrons. The van der Waals surface area contributed by atoms with Crippen molar-refractivity contribution in [2.45, 2.75) is 252 Å². The highest BCUT2D eigenvalue weighted by molar-refractivity contribution is 5.87. The molecule has 1 saturated carbocycles. The Kier molecular flexibility index (Phi) is 33.1. The van der Waals surface area contributed by atoms with E-state index in [-0.39, 0.29) is 12.1 Å². The first-order valence-electron chi connectivity index (χ1n) is 24.6. The Bertz CT molecular complexity index is 1010. The highest BCUT2D eigenvalue weighted by atomic mass is 16.5. The van der Waals surface area contributed by atoms with Gasteiger partial charge in [0.15, 0.2) is 11.5 Å². The van der Waals surface area contributed by atoms with Crippen molar-refractivity contribution in [3.63, 3.8) is 0 Å². The lowest BCUT2D eigenvalue weighted by Crippen LogP contribution is -2.19. The van der Waals surface area contributed by atoms with Gasteiger partial charge < -0.3 is 18.9 Å². The number of rotatable bonds is 39. The summed E-state index contributed by atoms with van der Waals surface area (Å²) in [4.78, 5) is 12.8. The smallest absolute Gasteiger partial charge is 0.331 e. The fraction of sp³-hybridized carbons (Fsp3) is 0.824. The van der Waals surface area contributed by atoms with Gasteiger partial charge in [-0.15, -0.1) is 0 Å². The van der Waals surface area contributed by atoms with E-state index in [2.05, 4.69) is 20.8 Å². The van der Waals surface area contributed by atoms with E-state index in [1.54, 1.807) is 6.08 Å². The summed E-state index contributed by atoms with van der Waals surface area (Å²) in [6, 6.07) is 4.06. The third-order valence-electron chi connectivity index (χ3n) is 11.5. The van der Waals surface area contributed by atoms with E-state index < -0.39 is 0 Å². The lowest BCUT2D eigenvalue weighted by atomic mass is 9.98. The van der Waals surface area contributed by atoms with E-state index in [0.29, 0.717) is 19.8 Å². The van der Waals surface area contributed by atoms with Crippen molar-refractivity contribution < 1.29 is 23.7 Å². The van der Waals surface area contributed by atoms with Crippen LogP contribution < -0.4 is 14.2 Å². The number of carbonyl (C=O) groups is 1. The van der Waals surface area contributed by atoms with Gasteiger partial charge in [0.2, 0.25) is 5.75 Å². The number of carbonyl (C=O) groups excluding carboxylic acids is 1. The Morgan fingerprint density at radius 1 is 0.482 bits per heavy atom. The molecular formula is C51H90O5. The highest BCUT2D eigenvalue weighted by Crippen LogP contribution is 2.40. The molecule has 1 aromatic carbocycles. The maximum absolute atomic E-state index is 12.8. The molecule has 324 valence electrons. The number of benzene rings is 1. The van der Waals surface area contributed by atoms with E-state index in [1.165, 1.54) is 180 Å². The van der Waals surface area contributed by atoms with Crippen LogP contribution >= 0.6 is 0 Å². The predicted octanol–water partition coefficient (Wildman–Crippen LogP) is 16.5. The molecule has 5 nitrogen and oxygen atoms in total. The van der Waals surface area contributed by atoms with Crippen molar-refractivity contribution >= 4 is 12.0 Å². The SMILES string of the molecule is CCCCCCCCCCCCOc1cc(C=CC(=O)OC2CCCCC2)cc(OCCCCCCCCCCCC)c1OCCCCCCCCCCCC. The molecule has 0 atom stereocenters. The van der Waals surface area contributed by atoms with Gasteiger partial charge in [-0.2, -0.15) is 0 Å². The minimum Gasteiger partial charge on any atom is -0.490 e. The van der Waals surface area contributed by atoms with Gasteiger partial charge >= 0.3 is 5.97 Å². The first-order valence-corrected chi connectivity index (χ1v) is 24.6. The molecule has 1 aliphatic carbocycles. The van der Waals surface area contributed by atoms with Gasteiger partial charge in [-0.1, -0.05) is 201 Å². The van der Waals surface area contributed by atoms with Gasteiger partial charge in [0.1, 0.15) is 6.10 Å². The van der Waals surface area contributed by atoms with E-state index in [0.717, 1.165) is 67.8 Å². The first kappa shape index (κ1) is 50.0. The summed E-state index contributed by atoms with van der Waals surface area (Å²) in [6.45, 7) is 8.81. The molecule has 0 spiro atoms. The summed E-state index contributed by atoms with van der Waals surface area (Å²) in [5, 5.41) is 0. The van der Waals surface area contributed by atoms with Crippen LogP contribution in [0.25, 0.3) is 6.08 Å². The van der Waals surface area contributed by atoms with Gasteiger partial charge in [0, 0.05) is 6.08 Å². The molecule has 1 aromatic rings. The molecule has 0 unspecified atom stereocenters. The average Bonchev–Trinajstić information content (AvgIpc) is 3.21. The molecule has 0 bridgehead atoms. The Morgan fingerprint density at radius 3 is 1.20 bits per heavy atom. The molecule has 0 N–H and O–H groups in total. The summed E-state index contributed by atoms with van der Waals surface area (Å²) in [5.74, 6) is 1.92. The van der Waals surface area contributed by atoms with Crippen LogP contribution in [0.15, 0.2) is 18.2 Å². The normalized spacial score (nSPS) is 13.4. The van der Waals surface area contributed by atoms with Crippen LogP contribution in [0.3, 0.4) is 0 Å². The predicted molar refractivity (Wildman–Crippen MR) is 240 cm³/mol.